The van der Waals surface area contributed by atoms with Gasteiger partial charge in [-0.3, -0.25) is 0 Å². The van der Waals surface area contributed by atoms with Gasteiger partial charge in [0.15, 0.2) is 23.3 Å². The highest BCUT2D eigenvalue weighted by Gasteiger charge is 2.17. The Kier molecular flexibility index (Phi) is 26.5. The van der Waals surface area contributed by atoms with Crippen molar-refractivity contribution >= 4 is 23.2 Å². The minimum atomic E-state index is -1.14. The number of aryl methyl sites for hydroxylation is 1. The Bertz CT molecular complexity index is 2500. The molecule has 0 bridgehead atoms. The summed E-state index contributed by atoms with van der Waals surface area (Å²) in [6.07, 6.45) is 0. The van der Waals surface area contributed by atoms with E-state index in [-0.39, 0.29) is 51.7 Å². The standard InChI is InChI=1S/C10H12F2.2C9H9ClF2.2C9H9F3.C9H10F2/c1-6(2)8-5-4-7(3)9(11)10(8)12;1-5(2)6-3-7(10)9(12)4-8(6)11;1-5(2)6-3-4-7(11)8(10)9(6)12;1-5(2)6-3-8(11)9(12)4-7(6)10;1-5(2)9-7(11)3-6(10)4-8(9)12;1-6(2)8-4-3-7(10)5-9(8)11/h4-6H,1-3H3;4*3-5H,1-2H3;3-6H,1-2H3. The zero-order valence-electron chi connectivity index (χ0n) is 41.5. The van der Waals surface area contributed by atoms with Crippen molar-refractivity contribution in [2.45, 2.75) is 126 Å². The van der Waals surface area contributed by atoms with Crippen molar-refractivity contribution in [1.29, 1.82) is 0 Å². The molecule has 16 heteroatoms. The molecule has 0 unspecified atom stereocenters. The molecule has 0 nitrogen and oxygen atoms in total. The molecule has 0 aliphatic heterocycles. The maximum absolute atomic E-state index is 13.1. The van der Waals surface area contributed by atoms with E-state index in [1.165, 1.54) is 30.3 Å². The number of hydrogen-bond acceptors (Lipinski definition) is 0. The lowest BCUT2D eigenvalue weighted by Crippen LogP contribution is -1.98. The highest BCUT2D eigenvalue weighted by Crippen LogP contribution is 2.28. The van der Waals surface area contributed by atoms with E-state index in [0.29, 0.717) is 46.0 Å². The molecule has 0 heterocycles. The van der Waals surface area contributed by atoms with Gasteiger partial charge >= 0.3 is 0 Å². The van der Waals surface area contributed by atoms with Crippen LogP contribution in [0.15, 0.2) is 78.9 Å². The highest BCUT2D eigenvalue weighted by molar-refractivity contribution is 6.31. The monoisotopic (exact) mass is 1050 g/mol. The summed E-state index contributed by atoms with van der Waals surface area (Å²) in [6.45, 7) is 23.0. The van der Waals surface area contributed by atoms with Crippen molar-refractivity contribution in [3.8, 4) is 0 Å². The largest absolute Gasteiger partial charge is 0.207 e. The molecule has 0 aliphatic carbocycles. The summed E-state index contributed by atoms with van der Waals surface area (Å²) in [6, 6.07) is 14.5. The van der Waals surface area contributed by atoms with E-state index in [9.17, 15) is 61.5 Å². The third kappa shape index (κ3) is 19.8. The number of rotatable bonds is 6. The summed E-state index contributed by atoms with van der Waals surface area (Å²) in [5.74, 6) is -10.6. The van der Waals surface area contributed by atoms with Gasteiger partial charge in [0, 0.05) is 35.9 Å². The zero-order valence-corrected chi connectivity index (χ0v) is 43.0. The molecule has 0 aliphatic rings. The summed E-state index contributed by atoms with van der Waals surface area (Å²) < 4.78 is 179. The molecule has 0 fully saturated rings. The third-order valence-corrected chi connectivity index (χ3v) is 10.8. The van der Waals surface area contributed by atoms with Gasteiger partial charge in [-0.25, -0.2) is 61.5 Å². The highest BCUT2D eigenvalue weighted by atomic mass is 35.5. The Morgan fingerprint density at radius 3 is 1.13 bits per heavy atom. The molecule has 0 atom stereocenters. The second-order valence-corrected chi connectivity index (χ2v) is 18.6. The Morgan fingerprint density at radius 2 is 0.676 bits per heavy atom. The molecular weight excluding hydrogens is 997 g/mol. The maximum atomic E-state index is 13.1. The van der Waals surface area contributed by atoms with E-state index in [1.54, 1.807) is 46.8 Å². The first-order chi connectivity index (χ1) is 32.7. The third-order valence-electron chi connectivity index (χ3n) is 10.1. The molecule has 0 amide bonds. The molecule has 6 aromatic carbocycles. The zero-order chi connectivity index (χ0) is 54.9. The fraction of sp³-hybridized carbons (Fsp3) is 0.345. The van der Waals surface area contributed by atoms with Crippen molar-refractivity contribution in [1.82, 2.24) is 0 Å². The molecule has 0 N–H and O–H groups in total. The molecule has 390 valence electrons. The molecule has 0 radical (unpaired) electrons. The molecule has 6 rings (SSSR count). The van der Waals surface area contributed by atoms with Gasteiger partial charge in [-0.1, -0.05) is 131 Å². The summed E-state index contributed by atoms with van der Waals surface area (Å²) in [7, 11) is 0. The van der Waals surface area contributed by atoms with Gasteiger partial charge in [0.1, 0.15) is 63.2 Å². The van der Waals surface area contributed by atoms with Crippen molar-refractivity contribution < 1.29 is 61.5 Å². The van der Waals surface area contributed by atoms with Crippen LogP contribution in [0.1, 0.15) is 158 Å². The first-order valence-electron chi connectivity index (χ1n) is 22.2. The fourth-order valence-electron chi connectivity index (χ4n) is 6.13. The van der Waals surface area contributed by atoms with Crippen LogP contribution >= 0.6 is 23.2 Å². The van der Waals surface area contributed by atoms with Crippen molar-refractivity contribution in [2.24, 2.45) is 0 Å². The lowest BCUT2D eigenvalue weighted by atomic mass is 10.0. The Morgan fingerprint density at radius 1 is 0.296 bits per heavy atom. The first-order valence-corrected chi connectivity index (χ1v) is 23.0. The summed E-state index contributed by atoms with van der Waals surface area (Å²) in [5, 5.41) is -0.443. The van der Waals surface area contributed by atoms with E-state index in [0.717, 1.165) is 18.2 Å². The van der Waals surface area contributed by atoms with E-state index in [1.807, 2.05) is 55.4 Å². The Labute approximate surface area is 418 Å². The number of halogens is 16. The second-order valence-electron chi connectivity index (χ2n) is 17.8. The van der Waals surface area contributed by atoms with Crippen molar-refractivity contribution in [3.63, 3.8) is 0 Å². The topological polar surface area (TPSA) is 0 Å². The van der Waals surface area contributed by atoms with Gasteiger partial charge < -0.3 is 0 Å². The lowest BCUT2D eigenvalue weighted by molar-refractivity contribution is 0.487. The van der Waals surface area contributed by atoms with Gasteiger partial charge in [-0.15, -0.1) is 0 Å². The average molecular weight is 1060 g/mol. The Hall–Kier alpha value is -5.08. The van der Waals surface area contributed by atoms with Crippen LogP contribution in [0.3, 0.4) is 0 Å². The predicted octanol–water partition coefficient (Wildman–Crippen LogP) is 20.4. The molecule has 0 spiro atoms. The summed E-state index contributed by atoms with van der Waals surface area (Å²) in [5.41, 5.74) is 2.40. The molecule has 0 aromatic heterocycles. The van der Waals surface area contributed by atoms with Crippen molar-refractivity contribution in [2.75, 3.05) is 0 Å². The number of benzene rings is 6. The smallest absolute Gasteiger partial charge is 0.162 e. The minimum absolute atomic E-state index is 0.0168. The summed E-state index contributed by atoms with van der Waals surface area (Å²) >= 11 is 10.9. The fourth-order valence-corrected chi connectivity index (χ4v) is 6.47. The van der Waals surface area contributed by atoms with Gasteiger partial charge in [0.2, 0.25) is 0 Å². The van der Waals surface area contributed by atoms with Crippen LogP contribution in [0.5, 0.6) is 0 Å². The molecular formula is C55H58Cl2F14. The van der Waals surface area contributed by atoms with E-state index in [2.05, 4.69) is 0 Å². The van der Waals surface area contributed by atoms with Crippen LogP contribution in [0.4, 0.5) is 61.5 Å². The second kappa shape index (κ2) is 29.4. The average Bonchev–Trinajstić information content (AvgIpc) is 3.24. The first kappa shape index (κ1) is 63.9. The van der Waals surface area contributed by atoms with Crippen LogP contribution in [-0.2, 0) is 0 Å². The van der Waals surface area contributed by atoms with Gasteiger partial charge in [-0.2, -0.15) is 0 Å². The molecule has 6 aromatic rings. The minimum Gasteiger partial charge on any atom is -0.207 e. The molecule has 0 saturated carbocycles. The van der Waals surface area contributed by atoms with Crippen LogP contribution in [0.2, 0.25) is 10.0 Å². The van der Waals surface area contributed by atoms with Gasteiger partial charge in [0.25, 0.3) is 0 Å². The van der Waals surface area contributed by atoms with E-state index in [4.69, 9.17) is 23.2 Å². The predicted molar refractivity (Wildman–Crippen MR) is 257 cm³/mol. The van der Waals surface area contributed by atoms with Crippen LogP contribution in [-0.4, -0.2) is 0 Å². The summed E-state index contributed by atoms with van der Waals surface area (Å²) in [4.78, 5) is 0. The Balaban J connectivity index is 0.000000426. The SMILES string of the molecule is CC(C)c1c(F)cc(F)cc1F.CC(C)c1cc(Cl)c(F)cc1F.CC(C)c1cc(F)c(F)cc1F.CC(C)c1ccc(F)c(Cl)c1F.CC(C)c1ccc(F)cc1F.Cc1ccc(C(C)C)c(F)c1F. The maximum Gasteiger partial charge on any atom is 0.162 e. The van der Waals surface area contributed by atoms with E-state index >= 15 is 0 Å². The van der Waals surface area contributed by atoms with Crippen molar-refractivity contribution in [3.05, 3.63) is 209 Å². The van der Waals surface area contributed by atoms with Gasteiger partial charge in [-0.05, 0) is 100 Å². The van der Waals surface area contributed by atoms with E-state index < -0.39 is 86.5 Å². The molecule has 71 heavy (non-hydrogen) atoms. The van der Waals surface area contributed by atoms with Crippen LogP contribution < -0.4 is 0 Å². The lowest BCUT2D eigenvalue weighted by Gasteiger charge is -2.08. The molecule has 0 saturated heterocycles. The van der Waals surface area contributed by atoms with Crippen LogP contribution in [0, 0.1) is 88.4 Å². The normalized spacial score (nSPS) is 10.8. The van der Waals surface area contributed by atoms with Gasteiger partial charge in [0.05, 0.1) is 5.02 Å². The quantitative estimate of drug-likeness (QED) is 0.0886. The number of hydrogen-bond donors (Lipinski definition) is 0. The van der Waals surface area contributed by atoms with Crippen LogP contribution in [0.25, 0.3) is 0 Å².